The Morgan fingerprint density at radius 1 is 1.09 bits per heavy atom. The van der Waals surface area contributed by atoms with E-state index in [1.54, 1.807) is 10.6 Å². The maximum atomic E-state index is 12.7. The Morgan fingerprint density at radius 2 is 1.96 bits per heavy atom. The molecule has 0 saturated heterocycles. The molecule has 0 amide bonds. The molecule has 4 aromatic rings. The SMILES string of the molecule is O=C1Cc2cc3c4nc5ccccc5cc4cn3c(=O)c2=CO1. The minimum absolute atomic E-state index is 0.109. The molecule has 5 heteroatoms. The highest BCUT2D eigenvalue weighted by Gasteiger charge is 2.17. The van der Waals surface area contributed by atoms with Crippen LogP contribution in [0.5, 0.6) is 0 Å². The van der Waals surface area contributed by atoms with Gasteiger partial charge in [0, 0.05) is 17.0 Å². The summed E-state index contributed by atoms with van der Waals surface area (Å²) in [5.41, 5.74) is 2.87. The van der Waals surface area contributed by atoms with Crippen molar-refractivity contribution < 1.29 is 9.53 Å². The average Bonchev–Trinajstić information content (AvgIpc) is 2.91. The highest BCUT2D eigenvalue weighted by molar-refractivity contribution is 6.01. The predicted molar refractivity (Wildman–Crippen MR) is 86.0 cm³/mol. The first-order chi connectivity index (χ1) is 11.2. The van der Waals surface area contributed by atoms with E-state index in [1.165, 1.54) is 6.26 Å². The van der Waals surface area contributed by atoms with Crippen LogP contribution in [0.15, 0.2) is 47.4 Å². The van der Waals surface area contributed by atoms with Crippen molar-refractivity contribution in [3.05, 3.63) is 63.7 Å². The normalized spacial score (nSPS) is 14.0. The molecular weight excluding hydrogens is 292 g/mol. The molecule has 5 rings (SSSR count). The van der Waals surface area contributed by atoms with E-state index < -0.39 is 0 Å². The molecule has 0 radical (unpaired) electrons. The van der Waals surface area contributed by atoms with Crippen molar-refractivity contribution in [3.63, 3.8) is 0 Å². The van der Waals surface area contributed by atoms with Gasteiger partial charge in [-0.1, -0.05) is 18.2 Å². The number of aromatic nitrogens is 2. The van der Waals surface area contributed by atoms with Crippen molar-refractivity contribution in [2.24, 2.45) is 0 Å². The van der Waals surface area contributed by atoms with E-state index in [4.69, 9.17) is 4.74 Å². The van der Waals surface area contributed by atoms with Crippen LogP contribution in [0.25, 0.3) is 33.6 Å². The summed E-state index contributed by atoms with van der Waals surface area (Å²) in [6.45, 7) is 0. The zero-order valence-electron chi connectivity index (χ0n) is 11.9. The Hall–Kier alpha value is -3.21. The van der Waals surface area contributed by atoms with Crippen molar-refractivity contribution in [2.75, 3.05) is 0 Å². The van der Waals surface area contributed by atoms with Crippen molar-refractivity contribution in [3.8, 4) is 0 Å². The highest BCUT2D eigenvalue weighted by atomic mass is 16.5. The van der Waals surface area contributed by atoms with Gasteiger partial charge in [0.1, 0.15) is 6.26 Å². The van der Waals surface area contributed by atoms with Crippen molar-refractivity contribution in [1.82, 2.24) is 9.38 Å². The molecule has 0 aliphatic carbocycles. The highest BCUT2D eigenvalue weighted by Crippen LogP contribution is 2.24. The molecule has 1 aliphatic heterocycles. The summed E-state index contributed by atoms with van der Waals surface area (Å²) < 4.78 is 6.45. The van der Waals surface area contributed by atoms with E-state index in [9.17, 15) is 9.59 Å². The number of esters is 1. The minimum Gasteiger partial charge on any atom is -0.433 e. The van der Waals surface area contributed by atoms with Crippen LogP contribution in [-0.2, 0) is 16.0 Å². The number of para-hydroxylation sites is 1. The molecule has 0 fully saturated rings. The zero-order valence-corrected chi connectivity index (χ0v) is 11.9. The first-order valence-electron chi connectivity index (χ1n) is 7.27. The first kappa shape index (κ1) is 12.3. The van der Waals surface area contributed by atoms with Crippen LogP contribution in [0, 0.1) is 0 Å². The molecule has 0 bridgehead atoms. The van der Waals surface area contributed by atoms with Gasteiger partial charge in [0.25, 0.3) is 5.56 Å². The van der Waals surface area contributed by atoms with Gasteiger partial charge in [-0.25, -0.2) is 4.98 Å². The van der Waals surface area contributed by atoms with E-state index in [0.717, 1.165) is 27.3 Å². The molecule has 4 heterocycles. The molecule has 110 valence electrons. The smallest absolute Gasteiger partial charge is 0.315 e. The number of benzene rings is 1. The maximum Gasteiger partial charge on any atom is 0.315 e. The Labute approximate surface area is 129 Å². The number of pyridine rings is 2. The first-order valence-corrected chi connectivity index (χ1v) is 7.27. The summed E-state index contributed by atoms with van der Waals surface area (Å²) in [7, 11) is 0. The van der Waals surface area contributed by atoms with E-state index in [1.807, 2.05) is 36.4 Å². The topological polar surface area (TPSA) is 60.7 Å². The fourth-order valence-corrected chi connectivity index (χ4v) is 3.17. The summed E-state index contributed by atoms with van der Waals surface area (Å²) in [5, 5.41) is 2.36. The Morgan fingerprint density at radius 3 is 2.87 bits per heavy atom. The lowest BCUT2D eigenvalue weighted by Crippen LogP contribution is -2.37. The predicted octanol–water partition coefficient (Wildman–Crippen LogP) is 1.56. The van der Waals surface area contributed by atoms with Gasteiger partial charge in [0.15, 0.2) is 0 Å². The summed E-state index contributed by atoms with van der Waals surface area (Å²) in [6.07, 6.45) is 3.15. The molecule has 0 atom stereocenters. The van der Waals surface area contributed by atoms with Crippen LogP contribution in [-0.4, -0.2) is 15.4 Å². The second-order valence-corrected chi connectivity index (χ2v) is 5.68. The zero-order chi connectivity index (χ0) is 15.6. The molecule has 5 nitrogen and oxygen atoms in total. The molecule has 0 unspecified atom stereocenters. The largest absolute Gasteiger partial charge is 0.433 e. The number of hydrogen-bond donors (Lipinski definition) is 0. The van der Waals surface area contributed by atoms with Gasteiger partial charge in [0.05, 0.1) is 28.2 Å². The summed E-state index contributed by atoms with van der Waals surface area (Å²) in [5.74, 6) is -0.351. The standard InChI is InChI=1S/C18H10N2O3/c21-16-7-11-6-15-17-12(5-10-3-1-2-4-14(10)19-17)8-20(15)18(22)13(11)9-23-16/h1-6,8-9H,7H2. The van der Waals surface area contributed by atoms with Gasteiger partial charge in [-0.15, -0.1) is 0 Å². The molecular formula is C18H10N2O3. The maximum absolute atomic E-state index is 12.7. The van der Waals surface area contributed by atoms with E-state index in [2.05, 4.69) is 4.98 Å². The van der Waals surface area contributed by atoms with Gasteiger partial charge in [0.2, 0.25) is 0 Å². The molecule has 1 aliphatic rings. The third kappa shape index (κ3) is 1.64. The van der Waals surface area contributed by atoms with Gasteiger partial charge < -0.3 is 4.74 Å². The molecule has 1 aromatic carbocycles. The number of rotatable bonds is 0. The van der Waals surface area contributed by atoms with Crippen LogP contribution in [0.2, 0.25) is 0 Å². The number of nitrogens with zero attached hydrogens (tertiary/aromatic N) is 2. The Balaban J connectivity index is 1.99. The van der Waals surface area contributed by atoms with Gasteiger partial charge in [-0.2, -0.15) is 0 Å². The van der Waals surface area contributed by atoms with Crippen molar-refractivity contribution in [2.45, 2.75) is 6.42 Å². The van der Waals surface area contributed by atoms with Crippen LogP contribution in [0.4, 0.5) is 0 Å². The number of carbonyl (C=O) groups is 1. The molecule has 0 spiro atoms. The number of ether oxygens (including phenoxy) is 1. The van der Waals surface area contributed by atoms with E-state index in [0.29, 0.717) is 10.8 Å². The third-order valence-corrected chi connectivity index (χ3v) is 4.27. The van der Waals surface area contributed by atoms with Crippen LogP contribution in [0.1, 0.15) is 5.56 Å². The minimum atomic E-state index is -0.351. The Bertz CT molecular complexity index is 1250. The molecule has 3 aromatic heterocycles. The van der Waals surface area contributed by atoms with Crippen LogP contribution < -0.4 is 10.8 Å². The lowest BCUT2D eigenvalue weighted by Gasteiger charge is -2.08. The summed E-state index contributed by atoms with van der Waals surface area (Å²) in [6, 6.07) is 11.7. The monoisotopic (exact) mass is 302 g/mol. The summed E-state index contributed by atoms with van der Waals surface area (Å²) >= 11 is 0. The Kier molecular flexibility index (Phi) is 2.24. The molecule has 23 heavy (non-hydrogen) atoms. The fraction of sp³-hybridized carbons (Fsp3) is 0.0556. The van der Waals surface area contributed by atoms with Crippen LogP contribution >= 0.6 is 0 Å². The second kappa shape index (κ2) is 4.16. The molecule has 0 N–H and O–H groups in total. The van der Waals surface area contributed by atoms with Gasteiger partial charge >= 0.3 is 5.97 Å². The molecule has 0 saturated carbocycles. The number of cyclic esters (lactones) is 1. The lowest BCUT2D eigenvalue weighted by atomic mass is 10.1. The van der Waals surface area contributed by atoms with Crippen molar-refractivity contribution >= 4 is 39.6 Å². The van der Waals surface area contributed by atoms with Gasteiger partial charge in [-0.3, -0.25) is 14.0 Å². The van der Waals surface area contributed by atoms with Crippen LogP contribution in [0.3, 0.4) is 0 Å². The number of carbonyl (C=O) groups excluding carboxylic acids is 1. The second-order valence-electron chi connectivity index (χ2n) is 5.68. The average molecular weight is 302 g/mol. The van der Waals surface area contributed by atoms with Crippen molar-refractivity contribution in [1.29, 1.82) is 0 Å². The van der Waals surface area contributed by atoms with E-state index in [-0.39, 0.29) is 17.9 Å². The summed E-state index contributed by atoms with van der Waals surface area (Å²) in [4.78, 5) is 28.8. The van der Waals surface area contributed by atoms with Gasteiger partial charge in [-0.05, 0) is 23.8 Å². The fourth-order valence-electron chi connectivity index (χ4n) is 3.17. The lowest BCUT2D eigenvalue weighted by molar-refractivity contribution is -0.135. The number of hydrogen-bond acceptors (Lipinski definition) is 4. The van der Waals surface area contributed by atoms with E-state index >= 15 is 0 Å². The third-order valence-electron chi connectivity index (χ3n) is 4.27. The quantitative estimate of drug-likeness (QED) is 0.462. The number of fused-ring (bicyclic) bond motifs is 5.